The van der Waals surface area contributed by atoms with E-state index in [1.54, 1.807) is 32.2 Å². The van der Waals surface area contributed by atoms with Gasteiger partial charge in [0.25, 0.3) is 5.91 Å². The van der Waals surface area contributed by atoms with Gasteiger partial charge in [0, 0.05) is 17.6 Å². The van der Waals surface area contributed by atoms with Crippen molar-refractivity contribution in [2.45, 2.75) is 19.9 Å². The number of likely N-dealkylation sites (N-methyl/N-ethyl adjacent to an activating group) is 1. The summed E-state index contributed by atoms with van der Waals surface area (Å²) in [6.07, 6.45) is 0. The highest BCUT2D eigenvalue weighted by Gasteiger charge is 2.18. The molecule has 0 aliphatic carbocycles. The zero-order chi connectivity index (χ0) is 12.3. The first-order valence-electron chi connectivity index (χ1n) is 5.12. The Morgan fingerprint density at radius 3 is 2.75 bits per heavy atom. The SMILES string of the molecule is Cc1c(Cl)cccc1C(=O)N(C)C(C)CO. The normalized spacial score (nSPS) is 12.3. The molecule has 3 nitrogen and oxygen atoms in total. The third kappa shape index (κ3) is 2.54. The number of carbonyl (C=O) groups is 1. The summed E-state index contributed by atoms with van der Waals surface area (Å²) in [5.41, 5.74) is 1.35. The maximum atomic E-state index is 12.1. The van der Waals surface area contributed by atoms with Gasteiger partial charge in [0.2, 0.25) is 0 Å². The summed E-state index contributed by atoms with van der Waals surface area (Å²) in [5, 5.41) is 9.58. The molecule has 1 aromatic carbocycles. The molecule has 0 aliphatic rings. The molecule has 0 radical (unpaired) electrons. The summed E-state index contributed by atoms with van der Waals surface area (Å²) in [6, 6.07) is 5.04. The number of halogens is 1. The van der Waals surface area contributed by atoms with Crippen LogP contribution in [0.15, 0.2) is 18.2 Å². The molecule has 0 aliphatic heterocycles. The Balaban J connectivity index is 3.01. The van der Waals surface area contributed by atoms with Crippen LogP contribution in [-0.4, -0.2) is 35.6 Å². The van der Waals surface area contributed by atoms with Crippen molar-refractivity contribution in [2.24, 2.45) is 0 Å². The average Bonchev–Trinajstić information content (AvgIpc) is 2.29. The number of hydrogen-bond acceptors (Lipinski definition) is 2. The molecule has 0 fully saturated rings. The molecule has 0 spiro atoms. The van der Waals surface area contributed by atoms with Gasteiger partial charge in [0.05, 0.1) is 12.6 Å². The molecule has 1 atom stereocenters. The lowest BCUT2D eigenvalue weighted by molar-refractivity contribution is 0.0681. The Labute approximate surface area is 101 Å². The third-order valence-electron chi connectivity index (χ3n) is 2.74. The molecule has 0 saturated carbocycles. The van der Waals surface area contributed by atoms with E-state index in [0.717, 1.165) is 5.56 Å². The van der Waals surface area contributed by atoms with E-state index in [1.807, 2.05) is 6.92 Å². The largest absolute Gasteiger partial charge is 0.394 e. The van der Waals surface area contributed by atoms with E-state index in [9.17, 15) is 4.79 Å². The van der Waals surface area contributed by atoms with Gasteiger partial charge in [0.15, 0.2) is 0 Å². The van der Waals surface area contributed by atoms with Crippen LogP contribution >= 0.6 is 11.6 Å². The van der Waals surface area contributed by atoms with Gasteiger partial charge in [-0.3, -0.25) is 4.79 Å². The van der Waals surface area contributed by atoms with E-state index in [1.165, 1.54) is 4.90 Å². The van der Waals surface area contributed by atoms with Crippen LogP contribution in [0.2, 0.25) is 5.02 Å². The van der Waals surface area contributed by atoms with Gasteiger partial charge in [-0.2, -0.15) is 0 Å². The van der Waals surface area contributed by atoms with Gasteiger partial charge in [0.1, 0.15) is 0 Å². The number of hydrogen-bond donors (Lipinski definition) is 1. The van der Waals surface area contributed by atoms with Crippen molar-refractivity contribution in [1.29, 1.82) is 0 Å². The lowest BCUT2D eigenvalue weighted by atomic mass is 10.1. The van der Waals surface area contributed by atoms with Crippen LogP contribution in [-0.2, 0) is 0 Å². The first kappa shape index (κ1) is 13.0. The number of carbonyl (C=O) groups excluding carboxylic acids is 1. The summed E-state index contributed by atoms with van der Waals surface area (Å²) in [4.78, 5) is 13.6. The monoisotopic (exact) mass is 241 g/mol. The highest BCUT2D eigenvalue weighted by atomic mass is 35.5. The van der Waals surface area contributed by atoms with Crippen LogP contribution in [0.5, 0.6) is 0 Å². The molecule has 0 aromatic heterocycles. The van der Waals surface area contributed by atoms with Crippen LogP contribution in [0.1, 0.15) is 22.8 Å². The smallest absolute Gasteiger partial charge is 0.254 e. The van der Waals surface area contributed by atoms with Gasteiger partial charge in [-0.25, -0.2) is 0 Å². The minimum absolute atomic E-state index is 0.0537. The molecule has 1 rings (SSSR count). The first-order chi connectivity index (χ1) is 7.49. The predicted octanol–water partition coefficient (Wildman–Crippen LogP) is 2.10. The maximum Gasteiger partial charge on any atom is 0.254 e. The Hall–Kier alpha value is -1.06. The van der Waals surface area contributed by atoms with Crippen molar-refractivity contribution in [3.8, 4) is 0 Å². The minimum Gasteiger partial charge on any atom is -0.394 e. The highest BCUT2D eigenvalue weighted by molar-refractivity contribution is 6.31. The number of nitrogens with zero attached hydrogens (tertiary/aromatic N) is 1. The number of aliphatic hydroxyl groups excluding tert-OH is 1. The summed E-state index contributed by atoms with van der Waals surface area (Å²) < 4.78 is 0. The number of rotatable bonds is 3. The van der Waals surface area contributed by atoms with E-state index < -0.39 is 0 Å². The lowest BCUT2D eigenvalue weighted by Crippen LogP contribution is -2.37. The van der Waals surface area contributed by atoms with E-state index in [4.69, 9.17) is 16.7 Å². The molecule has 4 heteroatoms. The van der Waals surface area contributed by atoms with Crippen molar-refractivity contribution in [1.82, 2.24) is 4.90 Å². The van der Waals surface area contributed by atoms with Crippen molar-refractivity contribution < 1.29 is 9.90 Å². The number of amides is 1. The molecule has 0 saturated heterocycles. The fourth-order valence-corrected chi connectivity index (χ4v) is 1.53. The van der Waals surface area contributed by atoms with E-state index in [-0.39, 0.29) is 18.6 Å². The molecule has 16 heavy (non-hydrogen) atoms. The second-order valence-corrected chi connectivity index (χ2v) is 4.27. The highest BCUT2D eigenvalue weighted by Crippen LogP contribution is 2.20. The molecule has 1 N–H and O–H groups in total. The number of aliphatic hydroxyl groups is 1. The second kappa shape index (κ2) is 5.32. The molecular weight excluding hydrogens is 226 g/mol. The van der Waals surface area contributed by atoms with Crippen LogP contribution in [0.25, 0.3) is 0 Å². The summed E-state index contributed by atoms with van der Waals surface area (Å²) in [6.45, 7) is 3.55. The van der Waals surface area contributed by atoms with Crippen molar-refractivity contribution >= 4 is 17.5 Å². The van der Waals surface area contributed by atoms with Crippen LogP contribution < -0.4 is 0 Å². The maximum absolute atomic E-state index is 12.1. The van der Waals surface area contributed by atoms with Gasteiger partial charge in [-0.05, 0) is 31.5 Å². The van der Waals surface area contributed by atoms with Crippen LogP contribution in [0.3, 0.4) is 0 Å². The van der Waals surface area contributed by atoms with Gasteiger partial charge in [-0.15, -0.1) is 0 Å². The first-order valence-corrected chi connectivity index (χ1v) is 5.50. The molecular formula is C12H16ClNO2. The predicted molar refractivity (Wildman–Crippen MR) is 64.8 cm³/mol. The Bertz CT molecular complexity index is 393. The molecule has 1 amide bonds. The summed E-state index contributed by atoms with van der Waals surface area (Å²) in [7, 11) is 1.67. The Morgan fingerprint density at radius 1 is 1.56 bits per heavy atom. The summed E-state index contributed by atoms with van der Waals surface area (Å²) >= 11 is 5.96. The van der Waals surface area contributed by atoms with Gasteiger partial charge < -0.3 is 10.0 Å². The fraction of sp³-hybridized carbons (Fsp3) is 0.417. The van der Waals surface area contributed by atoms with Crippen molar-refractivity contribution in [3.63, 3.8) is 0 Å². The quantitative estimate of drug-likeness (QED) is 0.881. The molecule has 1 aromatic rings. The Morgan fingerprint density at radius 2 is 2.19 bits per heavy atom. The van der Waals surface area contributed by atoms with Crippen molar-refractivity contribution in [3.05, 3.63) is 34.3 Å². The van der Waals surface area contributed by atoms with E-state index in [2.05, 4.69) is 0 Å². The molecule has 0 bridgehead atoms. The molecule has 0 heterocycles. The van der Waals surface area contributed by atoms with Gasteiger partial charge in [-0.1, -0.05) is 17.7 Å². The number of benzene rings is 1. The van der Waals surface area contributed by atoms with Gasteiger partial charge >= 0.3 is 0 Å². The standard InChI is InChI=1S/C12H16ClNO2/c1-8(7-15)14(3)12(16)10-5-4-6-11(13)9(10)2/h4-6,8,15H,7H2,1-3H3. The summed E-state index contributed by atoms with van der Waals surface area (Å²) in [5.74, 6) is -0.124. The molecule has 88 valence electrons. The lowest BCUT2D eigenvalue weighted by Gasteiger charge is -2.24. The van der Waals surface area contributed by atoms with E-state index >= 15 is 0 Å². The second-order valence-electron chi connectivity index (χ2n) is 3.86. The minimum atomic E-state index is -0.203. The zero-order valence-electron chi connectivity index (χ0n) is 9.70. The van der Waals surface area contributed by atoms with Crippen LogP contribution in [0, 0.1) is 6.92 Å². The van der Waals surface area contributed by atoms with Crippen molar-refractivity contribution in [2.75, 3.05) is 13.7 Å². The fourth-order valence-electron chi connectivity index (χ4n) is 1.35. The van der Waals surface area contributed by atoms with Crippen LogP contribution in [0.4, 0.5) is 0 Å². The molecule has 1 unspecified atom stereocenters. The zero-order valence-corrected chi connectivity index (χ0v) is 10.5. The third-order valence-corrected chi connectivity index (χ3v) is 3.15. The average molecular weight is 242 g/mol. The topological polar surface area (TPSA) is 40.5 Å². The van der Waals surface area contributed by atoms with E-state index in [0.29, 0.717) is 10.6 Å². The Kier molecular flexibility index (Phi) is 4.33.